The molecule has 1 atom stereocenters. The zero-order valence-corrected chi connectivity index (χ0v) is 10.4. The van der Waals surface area contributed by atoms with Gasteiger partial charge in [0.2, 0.25) is 0 Å². The van der Waals surface area contributed by atoms with Crippen LogP contribution in [0.25, 0.3) is 0 Å². The number of nitrogens with one attached hydrogen (secondary N) is 1. The maximum Gasteiger partial charge on any atom is 0.101 e. The number of anilines is 1. The van der Waals surface area contributed by atoms with Gasteiger partial charge in [-0.15, -0.1) is 0 Å². The van der Waals surface area contributed by atoms with Crippen molar-refractivity contribution in [1.82, 2.24) is 15.1 Å². The van der Waals surface area contributed by atoms with E-state index in [0.717, 1.165) is 31.6 Å². The van der Waals surface area contributed by atoms with Crippen LogP contribution in [0.2, 0.25) is 0 Å². The third kappa shape index (κ3) is 2.19. The summed E-state index contributed by atoms with van der Waals surface area (Å²) in [5, 5.41) is 7.85. The quantitative estimate of drug-likeness (QED) is 0.815. The van der Waals surface area contributed by atoms with Gasteiger partial charge in [0.1, 0.15) is 6.17 Å². The van der Waals surface area contributed by atoms with Crippen LogP contribution in [0.5, 0.6) is 0 Å². The molecule has 1 aromatic rings. The number of hydrogen-bond donors (Lipinski definition) is 2. The van der Waals surface area contributed by atoms with E-state index in [-0.39, 0.29) is 6.17 Å². The van der Waals surface area contributed by atoms with E-state index in [4.69, 9.17) is 5.73 Å². The highest BCUT2D eigenvalue weighted by Crippen LogP contribution is 2.23. The van der Waals surface area contributed by atoms with Crippen LogP contribution in [0.15, 0.2) is 36.8 Å². The Balaban J connectivity index is 1.76. The average Bonchev–Trinajstić information content (AvgIpc) is 2.90. The summed E-state index contributed by atoms with van der Waals surface area (Å²) in [5.74, 6) is 0. The lowest BCUT2D eigenvalue weighted by Gasteiger charge is -2.26. The van der Waals surface area contributed by atoms with Gasteiger partial charge in [-0.25, -0.2) is 0 Å². The highest BCUT2D eigenvalue weighted by molar-refractivity contribution is 5.50. The van der Waals surface area contributed by atoms with Crippen LogP contribution in [0.3, 0.4) is 0 Å². The van der Waals surface area contributed by atoms with Crippen molar-refractivity contribution in [2.45, 2.75) is 25.0 Å². The first kappa shape index (κ1) is 11.5. The van der Waals surface area contributed by atoms with Gasteiger partial charge in [0.05, 0.1) is 17.9 Å². The highest BCUT2D eigenvalue weighted by atomic mass is 15.3. The van der Waals surface area contributed by atoms with Gasteiger partial charge in [-0.2, -0.15) is 5.10 Å². The Kier molecular flexibility index (Phi) is 3.17. The minimum absolute atomic E-state index is 0.0966. The smallest absolute Gasteiger partial charge is 0.101 e. The monoisotopic (exact) mass is 245 g/mol. The summed E-state index contributed by atoms with van der Waals surface area (Å²) in [6.45, 7) is 2.15. The minimum Gasteiger partial charge on any atom is -0.326 e. The standard InChI is InChI=1S/C13H19N5/c14-13-3-1-2-8-17(13)12-9-16-18(10-12)11-4-6-15-7-5-11/h1-3,8-11,13,15H,4-7,14H2. The highest BCUT2D eigenvalue weighted by Gasteiger charge is 2.18. The molecule has 2 aliphatic heterocycles. The summed E-state index contributed by atoms with van der Waals surface area (Å²) < 4.78 is 2.08. The van der Waals surface area contributed by atoms with Crippen LogP contribution in [0.4, 0.5) is 5.69 Å². The molecule has 0 bridgehead atoms. The fourth-order valence-corrected chi connectivity index (χ4v) is 2.50. The molecule has 0 spiro atoms. The molecule has 3 rings (SSSR count). The number of hydrogen-bond acceptors (Lipinski definition) is 4. The second-order valence-electron chi connectivity index (χ2n) is 4.78. The molecule has 2 aliphatic rings. The zero-order valence-electron chi connectivity index (χ0n) is 10.4. The molecular weight excluding hydrogens is 226 g/mol. The molecule has 1 unspecified atom stereocenters. The first-order valence-electron chi connectivity index (χ1n) is 6.48. The van der Waals surface area contributed by atoms with Gasteiger partial charge in [0.25, 0.3) is 0 Å². The summed E-state index contributed by atoms with van der Waals surface area (Å²) in [6.07, 6.45) is 14.1. The maximum absolute atomic E-state index is 6.04. The van der Waals surface area contributed by atoms with E-state index in [2.05, 4.69) is 21.3 Å². The maximum atomic E-state index is 6.04. The van der Waals surface area contributed by atoms with Crippen molar-refractivity contribution in [2.75, 3.05) is 18.0 Å². The third-order valence-corrected chi connectivity index (χ3v) is 3.56. The zero-order chi connectivity index (χ0) is 12.4. The summed E-state index contributed by atoms with van der Waals surface area (Å²) >= 11 is 0. The van der Waals surface area contributed by atoms with Gasteiger partial charge in [0.15, 0.2) is 0 Å². The molecule has 0 aliphatic carbocycles. The van der Waals surface area contributed by atoms with Gasteiger partial charge >= 0.3 is 0 Å². The van der Waals surface area contributed by atoms with Gasteiger partial charge in [-0.3, -0.25) is 4.68 Å². The molecule has 0 radical (unpaired) electrons. The Bertz CT molecular complexity index is 456. The van der Waals surface area contributed by atoms with Gasteiger partial charge in [-0.05, 0) is 38.1 Å². The van der Waals surface area contributed by atoms with Crippen molar-refractivity contribution in [1.29, 1.82) is 0 Å². The van der Waals surface area contributed by atoms with Crippen LogP contribution in [0, 0.1) is 0 Å². The molecule has 1 aromatic heterocycles. The van der Waals surface area contributed by atoms with Gasteiger partial charge in [-0.1, -0.05) is 6.08 Å². The molecular formula is C13H19N5. The predicted molar refractivity (Wildman–Crippen MR) is 72.1 cm³/mol. The summed E-state index contributed by atoms with van der Waals surface area (Å²) in [7, 11) is 0. The van der Waals surface area contributed by atoms with E-state index < -0.39 is 0 Å². The molecule has 18 heavy (non-hydrogen) atoms. The summed E-state index contributed by atoms with van der Waals surface area (Å²) in [5.41, 5.74) is 7.10. The van der Waals surface area contributed by atoms with Crippen molar-refractivity contribution < 1.29 is 0 Å². The molecule has 5 nitrogen and oxygen atoms in total. The summed E-state index contributed by atoms with van der Waals surface area (Å²) in [6, 6.07) is 0.514. The normalized spacial score (nSPS) is 24.7. The van der Waals surface area contributed by atoms with Gasteiger partial charge < -0.3 is 16.0 Å². The number of allylic oxidation sites excluding steroid dienone is 2. The van der Waals surface area contributed by atoms with Crippen LogP contribution >= 0.6 is 0 Å². The van der Waals surface area contributed by atoms with Crippen molar-refractivity contribution in [3.63, 3.8) is 0 Å². The number of nitrogens with zero attached hydrogens (tertiary/aromatic N) is 3. The molecule has 0 aromatic carbocycles. The number of aromatic nitrogens is 2. The van der Waals surface area contributed by atoms with Crippen LogP contribution in [-0.4, -0.2) is 29.0 Å². The lowest BCUT2D eigenvalue weighted by Crippen LogP contribution is -2.37. The molecule has 5 heteroatoms. The van der Waals surface area contributed by atoms with E-state index in [1.165, 1.54) is 0 Å². The SMILES string of the molecule is NC1C=CC=CN1c1cnn(C2CCNCC2)c1. The molecule has 3 N–H and O–H groups in total. The number of rotatable bonds is 2. The molecule has 3 heterocycles. The van der Waals surface area contributed by atoms with E-state index in [0.29, 0.717) is 6.04 Å². The topological polar surface area (TPSA) is 59.1 Å². The largest absolute Gasteiger partial charge is 0.326 e. The predicted octanol–water partition coefficient (Wildman–Crippen LogP) is 0.982. The van der Waals surface area contributed by atoms with Crippen molar-refractivity contribution in [3.8, 4) is 0 Å². The van der Waals surface area contributed by atoms with E-state index in [1.807, 2.05) is 35.5 Å². The number of nitrogens with two attached hydrogens (primary N) is 1. The Labute approximate surface area is 107 Å². The first-order chi connectivity index (χ1) is 8.84. The average molecular weight is 245 g/mol. The third-order valence-electron chi connectivity index (χ3n) is 3.56. The fourth-order valence-electron chi connectivity index (χ4n) is 2.50. The molecule has 1 saturated heterocycles. The van der Waals surface area contributed by atoms with Crippen LogP contribution < -0.4 is 16.0 Å². The van der Waals surface area contributed by atoms with Crippen LogP contribution in [0.1, 0.15) is 18.9 Å². The lowest BCUT2D eigenvalue weighted by molar-refractivity contribution is 0.343. The second-order valence-corrected chi connectivity index (χ2v) is 4.78. The summed E-state index contributed by atoms with van der Waals surface area (Å²) in [4.78, 5) is 2.03. The second kappa shape index (κ2) is 4.96. The molecule has 0 saturated carbocycles. The molecule has 1 fully saturated rings. The van der Waals surface area contributed by atoms with E-state index in [9.17, 15) is 0 Å². The van der Waals surface area contributed by atoms with Crippen LogP contribution in [-0.2, 0) is 0 Å². The molecule has 96 valence electrons. The van der Waals surface area contributed by atoms with Crippen molar-refractivity contribution in [3.05, 3.63) is 36.8 Å². The Morgan fingerprint density at radius 3 is 2.89 bits per heavy atom. The van der Waals surface area contributed by atoms with Crippen molar-refractivity contribution >= 4 is 5.69 Å². The lowest BCUT2D eigenvalue weighted by atomic mass is 10.1. The van der Waals surface area contributed by atoms with E-state index in [1.54, 1.807) is 0 Å². The molecule has 0 amide bonds. The minimum atomic E-state index is -0.0966. The number of piperidine rings is 1. The Hall–Kier alpha value is -1.59. The van der Waals surface area contributed by atoms with E-state index >= 15 is 0 Å². The fraction of sp³-hybridized carbons (Fsp3) is 0.462. The van der Waals surface area contributed by atoms with Gasteiger partial charge in [0, 0.05) is 12.4 Å². The Morgan fingerprint density at radius 2 is 2.11 bits per heavy atom. The van der Waals surface area contributed by atoms with Crippen molar-refractivity contribution in [2.24, 2.45) is 5.73 Å². The Morgan fingerprint density at radius 1 is 1.28 bits per heavy atom. The first-order valence-corrected chi connectivity index (χ1v) is 6.48.